The van der Waals surface area contributed by atoms with E-state index < -0.39 is 5.60 Å². The zero-order valence-electron chi connectivity index (χ0n) is 11.2. The minimum atomic E-state index is -1.13. The van der Waals surface area contributed by atoms with Crippen molar-refractivity contribution in [3.63, 3.8) is 0 Å². The molecule has 1 N–H and O–H groups in total. The van der Waals surface area contributed by atoms with Gasteiger partial charge in [-0.1, -0.05) is 6.92 Å². The number of aromatic nitrogens is 2. The van der Waals surface area contributed by atoms with Crippen LogP contribution in [0.3, 0.4) is 0 Å². The maximum atomic E-state index is 10.6. The molecular weight excluding hydrogens is 220 g/mol. The summed E-state index contributed by atoms with van der Waals surface area (Å²) in [5.74, 6) is 0.590. The summed E-state index contributed by atoms with van der Waals surface area (Å²) in [7, 11) is 3.15. The fraction of sp³-hybridized carbons (Fsp3) is 0.750. The van der Waals surface area contributed by atoms with Crippen molar-refractivity contribution in [2.24, 2.45) is 0 Å². The van der Waals surface area contributed by atoms with E-state index in [0.29, 0.717) is 11.4 Å². The van der Waals surface area contributed by atoms with Gasteiger partial charge in [0, 0.05) is 13.7 Å². The molecule has 0 bridgehead atoms. The van der Waals surface area contributed by atoms with Crippen LogP contribution in [0, 0.1) is 0 Å². The highest BCUT2D eigenvalue weighted by Gasteiger charge is 2.37. The van der Waals surface area contributed by atoms with Gasteiger partial charge in [-0.15, -0.1) is 0 Å². The number of nitrogens with zero attached hydrogens (tertiary/aromatic N) is 2. The molecule has 2 unspecified atom stereocenters. The van der Waals surface area contributed by atoms with Gasteiger partial charge in [-0.3, -0.25) is 4.68 Å². The van der Waals surface area contributed by atoms with Crippen LogP contribution in [0.5, 0.6) is 5.75 Å². The van der Waals surface area contributed by atoms with Crippen LogP contribution in [0.4, 0.5) is 0 Å². The molecule has 0 saturated heterocycles. The van der Waals surface area contributed by atoms with Crippen LogP contribution in [0.1, 0.15) is 32.9 Å². The Kier molecular flexibility index (Phi) is 4.54. The van der Waals surface area contributed by atoms with E-state index in [1.807, 2.05) is 6.92 Å². The van der Waals surface area contributed by atoms with E-state index in [-0.39, 0.29) is 6.10 Å². The number of rotatable bonds is 6. The molecule has 1 heterocycles. The molecular formula is C12H22N2O3. The Bertz CT molecular complexity index is 361. The lowest BCUT2D eigenvalue weighted by molar-refractivity contribution is -0.0834. The molecule has 0 radical (unpaired) electrons. The Morgan fingerprint density at radius 3 is 2.65 bits per heavy atom. The van der Waals surface area contributed by atoms with Crippen LogP contribution in [0.25, 0.3) is 0 Å². The molecule has 0 aliphatic rings. The summed E-state index contributed by atoms with van der Waals surface area (Å²) in [6.45, 7) is 6.34. The smallest absolute Gasteiger partial charge is 0.163 e. The Morgan fingerprint density at radius 2 is 2.18 bits per heavy atom. The van der Waals surface area contributed by atoms with Gasteiger partial charge in [-0.05, 0) is 20.3 Å². The zero-order chi connectivity index (χ0) is 13.1. The minimum absolute atomic E-state index is 0.344. The molecule has 2 atom stereocenters. The molecule has 17 heavy (non-hydrogen) atoms. The van der Waals surface area contributed by atoms with E-state index in [1.165, 1.54) is 0 Å². The van der Waals surface area contributed by atoms with E-state index in [4.69, 9.17) is 9.47 Å². The Morgan fingerprint density at radius 1 is 1.53 bits per heavy atom. The van der Waals surface area contributed by atoms with Crippen molar-refractivity contribution in [2.75, 3.05) is 14.2 Å². The van der Waals surface area contributed by atoms with Crippen molar-refractivity contribution < 1.29 is 14.6 Å². The summed E-state index contributed by atoms with van der Waals surface area (Å²) in [6, 6.07) is 0. The van der Waals surface area contributed by atoms with E-state index in [0.717, 1.165) is 13.0 Å². The largest absolute Gasteiger partial charge is 0.493 e. The Balaban J connectivity index is 3.20. The molecule has 0 spiro atoms. The summed E-state index contributed by atoms with van der Waals surface area (Å²) in [4.78, 5) is 0. The third kappa shape index (κ3) is 2.61. The first-order valence-electron chi connectivity index (χ1n) is 5.84. The molecule has 0 aromatic carbocycles. The minimum Gasteiger partial charge on any atom is -0.493 e. The van der Waals surface area contributed by atoms with Gasteiger partial charge in [0.25, 0.3) is 0 Å². The van der Waals surface area contributed by atoms with Gasteiger partial charge in [0.2, 0.25) is 0 Å². The molecule has 0 aliphatic carbocycles. The second kappa shape index (κ2) is 5.51. The van der Waals surface area contributed by atoms with Crippen LogP contribution >= 0.6 is 0 Å². The van der Waals surface area contributed by atoms with Crippen LogP contribution in [0.2, 0.25) is 0 Å². The van der Waals surface area contributed by atoms with Crippen molar-refractivity contribution in [3.8, 4) is 5.75 Å². The van der Waals surface area contributed by atoms with Gasteiger partial charge in [0.1, 0.15) is 11.3 Å². The monoisotopic (exact) mass is 242 g/mol. The first-order chi connectivity index (χ1) is 7.98. The lowest BCUT2D eigenvalue weighted by Gasteiger charge is -2.30. The average molecular weight is 242 g/mol. The van der Waals surface area contributed by atoms with Crippen LogP contribution in [-0.4, -0.2) is 35.2 Å². The average Bonchev–Trinajstić information content (AvgIpc) is 2.72. The summed E-state index contributed by atoms with van der Waals surface area (Å²) in [5, 5.41) is 14.8. The number of ether oxygens (including phenoxy) is 2. The quantitative estimate of drug-likeness (QED) is 0.822. The first-order valence-corrected chi connectivity index (χ1v) is 5.84. The molecule has 0 saturated carbocycles. The summed E-state index contributed by atoms with van der Waals surface area (Å²) in [6.07, 6.45) is 2.22. The van der Waals surface area contributed by atoms with Crippen LogP contribution in [-0.2, 0) is 16.9 Å². The maximum Gasteiger partial charge on any atom is 0.163 e. The molecule has 5 heteroatoms. The van der Waals surface area contributed by atoms with E-state index in [9.17, 15) is 5.11 Å². The topological polar surface area (TPSA) is 56.5 Å². The molecule has 1 aromatic rings. The second-order valence-electron chi connectivity index (χ2n) is 4.31. The Labute approximate surface area is 102 Å². The predicted octanol–water partition coefficient (Wildman–Crippen LogP) is 1.54. The number of hydrogen-bond donors (Lipinski definition) is 1. The van der Waals surface area contributed by atoms with Crippen molar-refractivity contribution in [1.29, 1.82) is 0 Å². The zero-order valence-corrected chi connectivity index (χ0v) is 11.2. The molecule has 1 rings (SSSR count). The van der Waals surface area contributed by atoms with Gasteiger partial charge in [-0.2, -0.15) is 5.10 Å². The SMILES string of the molecule is CCCn1ncc(OC)c1C(C)(O)C(C)OC. The van der Waals surface area contributed by atoms with Gasteiger partial charge in [-0.25, -0.2) is 0 Å². The molecule has 98 valence electrons. The van der Waals surface area contributed by atoms with Crippen molar-refractivity contribution in [2.45, 2.75) is 45.4 Å². The van der Waals surface area contributed by atoms with Gasteiger partial charge < -0.3 is 14.6 Å². The highest BCUT2D eigenvalue weighted by molar-refractivity contribution is 5.31. The first kappa shape index (κ1) is 14.0. The number of hydrogen-bond acceptors (Lipinski definition) is 4. The number of methoxy groups -OCH3 is 2. The van der Waals surface area contributed by atoms with Gasteiger partial charge in [0.05, 0.1) is 19.4 Å². The van der Waals surface area contributed by atoms with Crippen LogP contribution < -0.4 is 4.74 Å². The summed E-state index contributed by atoms with van der Waals surface area (Å²) in [5.41, 5.74) is -0.470. The lowest BCUT2D eigenvalue weighted by atomic mass is 9.95. The maximum absolute atomic E-state index is 10.6. The van der Waals surface area contributed by atoms with E-state index in [2.05, 4.69) is 12.0 Å². The number of aliphatic hydroxyl groups is 1. The van der Waals surface area contributed by atoms with E-state index >= 15 is 0 Å². The van der Waals surface area contributed by atoms with Crippen LogP contribution in [0.15, 0.2) is 6.20 Å². The second-order valence-corrected chi connectivity index (χ2v) is 4.31. The number of aryl methyl sites for hydroxylation is 1. The Hall–Kier alpha value is -1.07. The summed E-state index contributed by atoms with van der Waals surface area (Å²) >= 11 is 0. The fourth-order valence-electron chi connectivity index (χ4n) is 1.83. The molecule has 0 fully saturated rings. The highest BCUT2D eigenvalue weighted by atomic mass is 16.5. The lowest BCUT2D eigenvalue weighted by Crippen LogP contribution is -2.38. The van der Waals surface area contributed by atoms with Gasteiger partial charge in [0.15, 0.2) is 5.75 Å². The molecule has 0 aliphatic heterocycles. The van der Waals surface area contributed by atoms with Crippen molar-refractivity contribution >= 4 is 0 Å². The van der Waals surface area contributed by atoms with Crippen molar-refractivity contribution in [1.82, 2.24) is 9.78 Å². The van der Waals surface area contributed by atoms with Gasteiger partial charge >= 0.3 is 0 Å². The highest BCUT2D eigenvalue weighted by Crippen LogP contribution is 2.33. The third-order valence-corrected chi connectivity index (χ3v) is 3.09. The summed E-state index contributed by atoms with van der Waals surface area (Å²) < 4.78 is 12.3. The molecule has 0 amide bonds. The standard InChI is InChI=1S/C12H22N2O3/c1-6-7-14-11(10(17-5)8-13-14)12(3,15)9(2)16-4/h8-9,15H,6-7H2,1-5H3. The molecule has 1 aromatic heterocycles. The third-order valence-electron chi connectivity index (χ3n) is 3.09. The fourth-order valence-corrected chi connectivity index (χ4v) is 1.83. The van der Waals surface area contributed by atoms with E-state index in [1.54, 1.807) is 32.0 Å². The molecule has 5 nitrogen and oxygen atoms in total. The predicted molar refractivity (Wildman–Crippen MR) is 65.1 cm³/mol. The normalized spacial score (nSPS) is 16.6. The van der Waals surface area contributed by atoms with Crippen molar-refractivity contribution in [3.05, 3.63) is 11.9 Å².